The van der Waals surface area contributed by atoms with Crippen molar-refractivity contribution in [2.75, 3.05) is 31.0 Å². The van der Waals surface area contributed by atoms with Gasteiger partial charge in [0.15, 0.2) is 15.8 Å². The van der Waals surface area contributed by atoms with E-state index in [1.54, 1.807) is 44.2 Å². The second-order valence-electron chi connectivity index (χ2n) is 5.09. The van der Waals surface area contributed by atoms with Gasteiger partial charge in [-0.1, -0.05) is 41.8 Å². The highest BCUT2D eigenvalue weighted by molar-refractivity contribution is 8.01. The van der Waals surface area contributed by atoms with Gasteiger partial charge in [-0.05, 0) is 24.0 Å². The van der Waals surface area contributed by atoms with Crippen LogP contribution in [0.2, 0.25) is 0 Å². The fourth-order valence-corrected chi connectivity index (χ4v) is 4.31. The summed E-state index contributed by atoms with van der Waals surface area (Å²) in [6.45, 7) is 2.03. The highest BCUT2D eigenvalue weighted by Crippen LogP contribution is 2.32. The summed E-state index contributed by atoms with van der Waals surface area (Å²) in [4.78, 5) is 12.1. The number of ether oxygens (including phenoxy) is 2. The summed E-state index contributed by atoms with van der Waals surface area (Å²) in [7, 11) is 3.12. The van der Waals surface area contributed by atoms with Crippen molar-refractivity contribution < 1.29 is 18.7 Å². The molecule has 0 atom stereocenters. The highest BCUT2D eigenvalue weighted by Gasteiger charge is 2.14. The van der Waals surface area contributed by atoms with Crippen molar-refractivity contribution in [3.63, 3.8) is 0 Å². The van der Waals surface area contributed by atoms with Gasteiger partial charge in [-0.25, -0.2) is 0 Å². The third-order valence-electron chi connectivity index (χ3n) is 3.28. The zero-order valence-corrected chi connectivity index (χ0v) is 17.7. The van der Waals surface area contributed by atoms with E-state index >= 15 is 0 Å². The third kappa shape index (κ3) is 5.14. The number of aromatic nitrogens is 4. The van der Waals surface area contributed by atoms with Gasteiger partial charge in [0, 0.05) is 5.56 Å². The molecule has 0 aliphatic carbocycles. The molecule has 1 N–H and O–H groups in total. The molecule has 12 heteroatoms. The van der Waals surface area contributed by atoms with Crippen LogP contribution < -0.4 is 14.8 Å². The Morgan fingerprint density at radius 2 is 1.96 bits per heavy atom. The molecule has 0 spiro atoms. The Labute approximate surface area is 173 Å². The lowest BCUT2D eigenvalue weighted by Crippen LogP contribution is -2.13. The van der Waals surface area contributed by atoms with Crippen molar-refractivity contribution in [1.29, 1.82) is 0 Å². The predicted octanol–water partition coefficient (Wildman–Crippen LogP) is 3.45. The molecule has 0 radical (unpaired) electrons. The maximum Gasteiger partial charge on any atom is 0.277 e. The summed E-state index contributed by atoms with van der Waals surface area (Å²) in [5.74, 6) is 2.29. The maximum atomic E-state index is 12.1. The van der Waals surface area contributed by atoms with Gasteiger partial charge in [0.1, 0.15) is 0 Å². The zero-order valence-electron chi connectivity index (χ0n) is 15.3. The van der Waals surface area contributed by atoms with E-state index in [4.69, 9.17) is 13.9 Å². The second-order valence-corrected chi connectivity index (χ2v) is 8.50. The molecule has 0 fully saturated rings. The highest BCUT2D eigenvalue weighted by atomic mass is 32.2. The number of carbonyl (C=O) groups excluding carboxylic acids is 1. The van der Waals surface area contributed by atoms with Crippen LogP contribution in [-0.2, 0) is 4.79 Å². The lowest BCUT2D eigenvalue weighted by Gasteiger charge is -2.07. The minimum atomic E-state index is -0.222. The number of nitrogens with zero attached hydrogens (tertiary/aromatic N) is 4. The van der Waals surface area contributed by atoms with E-state index in [1.165, 1.54) is 11.3 Å². The first-order valence-electron chi connectivity index (χ1n) is 8.07. The van der Waals surface area contributed by atoms with Gasteiger partial charge in [0.05, 0.1) is 20.0 Å². The van der Waals surface area contributed by atoms with Crippen LogP contribution in [0.25, 0.3) is 11.5 Å². The first-order valence-corrected chi connectivity index (χ1v) is 10.9. The summed E-state index contributed by atoms with van der Waals surface area (Å²) in [6.07, 6.45) is 0. The van der Waals surface area contributed by atoms with Gasteiger partial charge in [-0.15, -0.1) is 20.4 Å². The molecule has 0 unspecified atom stereocenters. The number of hydrogen-bond donors (Lipinski definition) is 1. The average molecular weight is 440 g/mol. The number of thioether (sulfide) groups is 2. The molecule has 0 aliphatic heterocycles. The molecule has 3 aromatic rings. The molecule has 1 aromatic carbocycles. The van der Waals surface area contributed by atoms with Gasteiger partial charge in [-0.3, -0.25) is 10.1 Å². The number of nitrogens with one attached hydrogen (secondary N) is 1. The van der Waals surface area contributed by atoms with E-state index in [0.717, 1.165) is 21.9 Å². The van der Waals surface area contributed by atoms with E-state index < -0.39 is 0 Å². The maximum absolute atomic E-state index is 12.1. The van der Waals surface area contributed by atoms with Crippen molar-refractivity contribution in [3.8, 4) is 23.0 Å². The van der Waals surface area contributed by atoms with Gasteiger partial charge in [0.2, 0.25) is 16.9 Å². The first kappa shape index (κ1) is 20.4. The second kappa shape index (κ2) is 9.75. The molecule has 28 heavy (non-hydrogen) atoms. The monoisotopic (exact) mass is 439 g/mol. The lowest BCUT2D eigenvalue weighted by atomic mass is 10.2. The largest absolute Gasteiger partial charge is 0.493 e. The number of anilines is 1. The standard InChI is InChI=1S/C16H17N5O4S3/c1-4-26-16-21-19-14(28-16)17-12(22)8-27-15-20-18-13(25-15)9-5-6-10(23-2)11(7-9)24-3/h5-7H,4,8H2,1-3H3,(H,17,19,22). The first-order chi connectivity index (χ1) is 13.6. The minimum absolute atomic E-state index is 0.114. The molecule has 0 saturated heterocycles. The predicted molar refractivity (Wildman–Crippen MR) is 108 cm³/mol. The normalized spacial score (nSPS) is 10.7. The Balaban J connectivity index is 1.57. The van der Waals surface area contributed by atoms with E-state index in [9.17, 15) is 4.79 Å². The van der Waals surface area contributed by atoms with Crippen LogP contribution in [0.15, 0.2) is 32.2 Å². The van der Waals surface area contributed by atoms with Gasteiger partial charge in [0.25, 0.3) is 5.22 Å². The number of carbonyl (C=O) groups is 1. The minimum Gasteiger partial charge on any atom is -0.493 e. The molecule has 1 amide bonds. The number of rotatable bonds is 9. The summed E-state index contributed by atoms with van der Waals surface area (Å²) >= 11 is 4.06. The summed E-state index contributed by atoms with van der Waals surface area (Å²) in [5.41, 5.74) is 0.691. The van der Waals surface area contributed by atoms with Crippen LogP contribution >= 0.6 is 34.9 Å². The Hall–Kier alpha value is -2.31. The molecule has 148 valence electrons. The number of methoxy groups -OCH3 is 2. The number of amides is 1. The molecule has 2 aromatic heterocycles. The third-order valence-corrected chi connectivity index (χ3v) is 5.96. The average Bonchev–Trinajstić information content (AvgIpc) is 3.36. The lowest BCUT2D eigenvalue weighted by molar-refractivity contribution is -0.113. The fourth-order valence-electron chi connectivity index (χ4n) is 2.08. The molecular weight excluding hydrogens is 422 g/mol. The molecular formula is C16H17N5O4S3. The number of benzene rings is 1. The van der Waals surface area contributed by atoms with Crippen LogP contribution in [0, 0.1) is 0 Å². The fraction of sp³-hybridized carbons (Fsp3) is 0.312. The Bertz CT molecular complexity index is 946. The van der Waals surface area contributed by atoms with E-state index in [-0.39, 0.29) is 11.7 Å². The van der Waals surface area contributed by atoms with E-state index in [2.05, 4.69) is 25.7 Å². The number of hydrogen-bond acceptors (Lipinski definition) is 11. The zero-order chi connectivity index (χ0) is 19.9. The quantitative estimate of drug-likeness (QED) is 0.393. The molecule has 9 nitrogen and oxygen atoms in total. The summed E-state index contributed by atoms with van der Waals surface area (Å²) < 4.78 is 16.9. The SMILES string of the molecule is CCSc1nnc(NC(=O)CSc2nnc(-c3ccc(OC)c(OC)c3)o2)s1. The van der Waals surface area contributed by atoms with Crippen molar-refractivity contribution in [2.45, 2.75) is 16.5 Å². The van der Waals surface area contributed by atoms with Gasteiger partial charge < -0.3 is 13.9 Å². The van der Waals surface area contributed by atoms with Crippen LogP contribution in [0.4, 0.5) is 5.13 Å². The van der Waals surface area contributed by atoms with Crippen LogP contribution in [0.5, 0.6) is 11.5 Å². The molecule has 3 rings (SSSR count). The smallest absolute Gasteiger partial charge is 0.277 e. The summed E-state index contributed by atoms with van der Waals surface area (Å²) in [6, 6.07) is 5.29. The Kier molecular flexibility index (Phi) is 7.12. The van der Waals surface area contributed by atoms with E-state index in [0.29, 0.717) is 33.3 Å². The van der Waals surface area contributed by atoms with Crippen LogP contribution in [-0.4, -0.2) is 52.0 Å². The summed E-state index contributed by atoms with van der Waals surface area (Å²) in [5, 5.41) is 19.4. The Morgan fingerprint density at radius 3 is 2.71 bits per heavy atom. The van der Waals surface area contributed by atoms with Gasteiger partial charge in [-0.2, -0.15) is 0 Å². The Morgan fingerprint density at radius 1 is 1.14 bits per heavy atom. The van der Waals surface area contributed by atoms with Crippen molar-refractivity contribution in [1.82, 2.24) is 20.4 Å². The van der Waals surface area contributed by atoms with E-state index in [1.807, 2.05) is 6.92 Å². The molecule has 0 aliphatic rings. The van der Waals surface area contributed by atoms with Crippen LogP contribution in [0.3, 0.4) is 0 Å². The topological polar surface area (TPSA) is 112 Å². The van der Waals surface area contributed by atoms with Crippen molar-refractivity contribution in [2.24, 2.45) is 0 Å². The van der Waals surface area contributed by atoms with Crippen LogP contribution in [0.1, 0.15) is 6.92 Å². The molecule has 0 bridgehead atoms. The van der Waals surface area contributed by atoms with Crippen molar-refractivity contribution >= 4 is 45.9 Å². The van der Waals surface area contributed by atoms with Gasteiger partial charge >= 0.3 is 0 Å². The van der Waals surface area contributed by atoms with Crippen molar-refractivity contribution in [3.05, 3.63) is 18.2 Å². The molecule has 2 heterocycles. The molecule has 0 saturated carbocycles.